The highest BCUT2D eigenvalue weighted by molar-refractivity contribution is 7.89. The Bertz CT molecular complexity index is 1020. The van der Waals surface area contributed by atoms with Gasteiger partial charge in [-0.2, -0.15) is 4.31 Å². The minimum atomic E-state index is -3.54. The van der Waals surface area contributed by atoms with Crippen LogP contribution in [0.1, 0.15) is 23.4 Å². The number of nitrogens with zero attached hydrogens (tertiary/aromatic N) is 3. The van der Waals surface area contributed by atoms with Crippen molar-refractivity contribution in [2.45, 2.75) is 37.1 Å². The van der Waals surface area contributed by atoms with Gasteiger partial charge in [0.25, 0.3) is 0 Å². The monoisotopic (exact) mass is 421 g/mol. The van der Waals surface area contributed by atoms with Crippen LogP contribution >= 0.6 is 11.3 Å². The molecular weight excluding hydrogens is 398 g/mol. The first kappa shape index (κ1) is 19.4. The molecule has 0 bridgehead atoms. The molecule has 7 nitrogen and oxygen atoms in total. The number of aromatic nitrogens is 1. The third-order valence-corrected chi connectivity index (χ3v) is 8.41. The van der Waals surface area contributed by atoms with E-state index >= 15 is 0 Å². The van der Waals surface area contributed by atoms with E-state index in [0.717, 1.165) is 36.3 Å². The molecular formula is C19H23N3O4S2. The zero-order chi connectivity index (χ0) is 19.7. The van der Waals surface area contributed by atoms with E-state index in [-0.39, 0.29) is 35.3 Å². The normalized spacial score (nSPS) is 18.1. The summed E-state index contributed by atoms with van der Waals surface area (Å²) in [6.45, 7) is 1.26. The fourth-order valence-electron chi connectivity index (χ4n) is 3.84. The van der Waals surface area contributed by atoms with Crippen molar-refractivity contribution in [1.82, 2.24) is 13.8 Å². The zero-order valence-electron chi connectivity index (χ0n) is 15.5. The van der Waals surface area contributed by atoms with Crippen LogP contribution in [0.3, 0.4) is 0 Å². The van der Waals surface area contributed by atoms with Crippen molar-refractivity contribution in [1.29, 1.82) is 0 Å². The third kappa shape index (κ3) is 3.66. The minimum Gasteiger partial charge on any atom is -0.338 e. The lowest BCUT2D eigenvalue weighted by Gasteiger charge is -2.34. The average Bonchev–Trinajstić information content (AvgIpc) is 3.04. The lowest BCUT2D eigenvalue weighted by atomic mass is 10.0. The summed E-state index contributed by atoms with van der Waals surface area (Å²) in [6.07, 6.45) is 3.92. The molecule has 0 saturated carbocycles. The summed E-state index contributed by atoms with van der Waals surface area (Å²) in [5, 5.41) is 0. The van der Waals surface area contributed by atoms with Crippen LogP contribution in [0.15, 0.2) is 40.0 Å². The van der Waals surface area contributed by atoms with E-state index in [1.54, 1.807) is 39.8 Å². The molecule has 2 aromatic rings. The lowest BCUT2D eigenvalue weighted by molar-refractivity contribution is -0.133. The highest BCUT2D eigenvalue weighted by Gasteiger charge is 2.30. The van der Waals surface area contributed by atoms with Gasteiger partial charge in [-0.25, -0.2) is 8.42 Å². The molecule has 0 spiro atoms. The molecule has 2 heterocycles. The number of rotatable bonds is 4. The van der Waals surface area contributed by atoms with E-state index in [4.69, 9.17) is 0 Å². The fraction of sp³-hybridized carbons (Fsp3) is 0.474. The molecule has 1 fully saturated rings. The number of hydrogen-bond acceptors (Lipinski definition) is 5. The van der Waals surface area contributed by atoms with Gasteiger partial charge in [0.15, 0.2) is 0 Å². The third-order valence-electron chi connectivity index (χ3n) is 5.41. The van der Waals surface area contributed by atoms with Gasteiger partial charge in [-0.1, -0.05) is 29.5 Å². The van der Waals surface area contributed by atoms with Crippen LogP contribution < -0.4 is 4.87 Å². The van der Waals surface area contributed by atoms with Gasteiger partial charge in [0, 0.05) is 36.8 Å². The largest absolute Gasteiger partial charge is 0.338 e. The van der Waals surface area contributed by atoms with E-state index < -0.39 is 10.0 Å². The molecule has 28 heavy (non-hydrogen) atoms. The number of sulfonamides is 1. The Morgan fingerprint density at radius 3 is 2.39 bits per heavy atom. The summed E-state index contributed by atoms with van der Waals surface area (Å²) >= 11 is 1.26. The molecule has 4 rings (SSSR count). The average molecular weight is 422 g/mol. The lowest BCUT2D eigenvalue weighted by Crippen LogP contribution is -2.51. The van der Waals surface area contributed by atoms with Crippen molar-refractivity contribution in [3.8, 4) is 0 Å². The number of carbonyl (C=O) groups is 1. The number of hydrogen-bond donors (Lipinski definition) is 0. The van der Waals surface area contributed by atoms with Crippen molar-refractivity contribution >= 4 is 27.3 Å². The molecule has 1 aliphatic heterocycles. The number of benzene rings is 1. The van der Waals surface area contributed by atoms with Gasteiger partial charge in [0.1, 0.15) is 6.54 Å². The second-order valence-corrected chi connectivity index (χ2v) is 10.1. The molecule has 1 aromatic heterocycles. The van der Waals surface area contributed by atoms with Crippen LogP contribution in [0.2, 0.25) is 0 Å². The van der Waals surface area contributed by atoms with Gasteiger partial charge < -0.3 is 4.90 Å². The minimum absolute atomic E-state index is 0.0517. The number of carbonyl (C=O) groups excluding carboxylic acids is 1. The van der Waals surface area contributed by atoms with Crippen molar-refractivity contribution in [3.05, 3.63) is 50.6 Å². The van der Waals surface area contributed by atoms with Gasteiger partial charge in [-0.15, -0.1) is 0 Å². The Morgan fingerprint density at radius 2 is 1.68 bits per heavy atom. The van der Waals surface area contributed by atoms with Gasteiger partial charge in [0.2, 0.25) is 15.9 Å². The van der Waals surface area contributed by atoms with Gasteiger partial charge in [0.05, 0.1) is 4.90 Å². The van der Waals surface area contributed by atoms with Crippen LogP contribution in [-0.2, 0) is 34.2 Å². The first-order chi connectivity index (χ1) is 13.5. The summed E-state index contributed by atoms with van der Waals surface area (Å²) < 4.78 is 28.4. The number of fused-ring (bicyclic) bond motifs is 1. The number of thiazole rings is 1. The Kier molecular flexibility index (Phi) is 5.39. The van der Waals surface area contributed by atoms with Crippen LogP contribution in [0, 0.1) is 0 Å². The number of aryl methyl sites for hydroxylation is 1. The van der Waals surface area contributed by atoms with Crippen LogP contribution in [0.5, 0.6) is 0 Å². The second kappa shape index (κ2) is 7.81. The predicted molar refractivity (Wildman–Crippen MR) is 107 cm³/mol. The van der Waals surface area contributed by atoms with Gasteiger partial charge in [-0.05, 0) is 37.8 Å². The number of piperazine rings is 1. The van der Waals surface area contributed by atoms with Gasteiger partial charge >= 0.3 is 4.87 Å². The van der Waals surface area contributed by atoms with E-state index in [0.29, 0.717) is 13.1 Å². The Hall–Kier alpha value is -1.97. The summed E-state index contributed by atoms with van der Waals surface area (Å²) in [5.41, 5.74) is 1.01. The molecule has 0 N–H and O–H groups in total. The Labute approximate surface area is 168 Å². The quantitative estimate of drug-likeness (QED) is 0.746. The number of amides is 1. The fourth-order valence-corrected chi connectivity index (χ4v) is 6.36. The van der Waals surface area contributed by atoms with E-state index in [9.17, 15) is 18.0 Å². The summed E-state index contributed by atoms with van der Waals surface area (Å²) in [4.78, 5) is 28.0. The Morgan fingerprint density at radius 1 is 1.00 bits per heavy atom. The first-order valence-electron chi connectivity index (χ1n) is 9.51. The summed E-state index contributed by atoms with van der Waals surface area (Å²) in [7, 11) is -3.54. The molecule has 2 aliphatic rings. The first-order valence-corrected chi connectivity index (χ1v) is 11.8. The standard InChI is InChI=1S/C19H23N3O4S2/c23-18(14-22-16-8-4-5-9-17(16)27-19(22)24)20-10-12-21(13-11-20)28(25,26)15-6-2-1-3-7-15/h1-3,6-7H,4-5,8-14H2. The highest BCUT2D eigenvalue weighted by atomic mass is 32.2. The molecule has 0 unspecified atom stereocenters. The van der Waals surface area contributed by atoms with Crippen LogP contribution in [-0.4, -0.2) is 54.3 Å². The predicted octanol–water partition coefficient (Wildman–Crippen LogP) is 1.32. The van der Waals surface area contributed by atoms with Gasteiger partial charge in [-0.3, -0.25) is 14.2 Å². The van der Waals surface area contributed by atoms with Crippen molar-refractivity contribution in [2.75, 3.05) is 26.2 Å². The molecule has 1 amide bonds. The summed E-state index contributed by atoms with van der Waals surface area (Å²) in [5.74, 6) is -0.120. The maximum Gasteiger partial charge on any atom is 0.308 e. The Balaban J connectivity index is 1.41. The highest BCUT2D eigenvalue weighted by Crippen LogP contribution is 2.23. The summed E-state index contributed by atoms with van der Waals surface area (Å²) in [6, 6.07) is 8.34. The van der Waals surface area contributed by atoms with E-state index in [2.05, 4.69) is 0 Å². The molecule has 0 atom stereocenters. The maximum atomic E-state index is 12.7. The molecule has 150 valence electrons. The van der Waals surface area contributed by atoms with Crippen molar-refractivity contribution in [2.24, 2.45) is 0 Å². The molecule has 0 radical (unpaired) electrons. The van der Waals surface area contributed by atoms with Crippen LogP contribution in [0.25, 0.3) is 0 Å². The maximum absolute atomic E-state index is 12.7. The molecule has 9 heteroatoms. The van der Waals surface area contributed by atoms with E-state index in [1.165, 1.54) is 15.6 Å². The molecule has 1 aromatic carbocycles. The molecule has 1 aliphatic carbocycles. The van der Waals surface area contributed by atoms with E-state index in [1.807, 2.05) is 0 Å². The molecule has 1 saturated heterocycles. The van der Waals surface area contributed by atoms with Crippen molar-refractivity contribution < 1.29 is 13.2 Å². The zero-order valence-corrected chi connectivity index (χ0v) is 17.2. The van der Waals surface area contributed by atoms with Crippen molar-refractivity contribution in [3.63, 3.8) is 0 Å². The second-order valence-electron chi connectivity index (χ2n) is 7.13. The smallest absolute Gasteiger partial charge is 0.308 e. The van der Waals surface area contributed by atoms with Crippen LogP contribution in [0.4, 0.5) is 0 Å². The SMILES string of the molecule is O=C(Cn1c2c(sc1=O)CCCC2)N1CCN(S(=O)(=O)c2ccccc2)CC1. The topological polar surface area (TPSA) is 79.7 Å².